The molecule has 0 saturated carbocycles. The molecule has 0 fully saturated rings. The van der Waals surface area contributed by atoms with E-state index in [-0.39, 0.29) is 5.69 Å². The molecule has 0 unspecified atom stereocenters. The highest BCUT2D eigenvalue weighted by Crippen LogP contribution is 2.33. The van der Waals surface area contributed by atoms with Gasteiger partial charge in [0.25, 0.3) is 5.56 Å². The molecule has 8 nitrogen and oxygen atoms in total. The predicted molar refractivity (Wildman–Crippen MR) is 102 cm³/mol. The molecule has 2 aromatic heterocycles. The van der Waals surface area contributed by atoms with Gasteiger partial charge in [0.15, 0.2) is 17.2 Å². The van der Waals surface area contributed by atoms with Gasteiger partial charge in [0.1, 0.15) is 0 Å². The Hall–Kier alpha value is -3.99. The zero-order chi connectivity index (χ0) is 19.1. The number of anilines is 1. The first-order valence-corrected chi connectivity index (χ1v) is 8.03. The van der Waals surface area contributed by atoms with Crippen LogP contribution in [0.1, 0.15) is 5.56 Å². The number of aromatic nitrogens is 3. The van der Waals surface area contributed by atoms with Crippen LogP contribution in [-0.2, 0) is 0 Å². The first-order valence-electron chi connectivity index (χ1n) is 8.03. The molecule has 0 bridgehead atoms. The summed E-state index contributed by atoms with van der Waals surface area (Å²) in [6.07, 6.45) is 0. The molecule has 0 radical (unpaired) electrons. The van der Waals surface area contributed by atoms with Crippen LogP contribution in [0.2, 0.25) is 0 Å². The number of H-pyrrole nitrogens is 2. The average Bonchev–Trinajstić information content (AvgIpc) is 3.02. The van der Waals surface area contributed by atoms with Crippen molar-refractivity contribution < 1.29 is 9.47 Å². The third-order valence-corrected chi connectivity index (χ3v) is 4.40. The zero-order valence-electron chi connectivity index (χ0n) is 14.6. The molecule has 8 heteroatoms. The first-order chi connectivity index (χ1) is 13.0. The lowest BCUT2D eigenvalue weighted by Crippen LogP contribution is -2.12. The van der Waals surface area contributed by atoms with Crippen molar-refractivity contribution in [2.75, 3.05) is 20.0 Å². The molecule has 0 saturated heterocycles. The fourth-order valence-electron chi connectivity index (χ4n) is 3.05. The van der Waals surface area contributed by atoms with E-state index < -0.39 is 5.56 Å². The fraction of sp³-hybridized carbons (Fsp3) is 0.105. The third kappa shape index (κ3) is 2.53. The standard InChI is InChI=1S/C19H15N5O3/c1-26-14-6-12-13(7-15(14)27-2)24-19(25)18(23-12)17-16(21)10-5-9(8-20)3-4-11(10)22-17/h3-7,22H,21H2,1-2H3,(H,24,25). The monoisotopic (exact) mass is 361 g/mol. The Morgan fingerprint density at radius 3 is 2.52 bits per heavy atom. The van der Waals surface area contributed by atoms with Crippen LogP contribution in [0.3, 0.4) is 0 Å². The van der Waals surface area contributed by atoms with Crippen molar-refractivity contribution in [3.05, 3.63) is 46.2 Å². The Labute approximate surface area is 153 Å². The molecule has 2 aromatic carbocycles. The number of methoxy groups -OCH3 is 2. The molecule has 2 heterocycles. The number of nitrogens with one attached hydrogen (secondary N) is 2. The van der Waals surface area contributed by atoms with Gasteiger partial charge in [-0.25, -0.2) is 4.98 Å². The molecular weight excluding hydrogens is 346 g/mol. The summed E-state index contributed by atoms with van der Waals surface area (Å²) >= 11 is 0. The summed E-state index contributed by atoms with van der Waals surface area (Å²) in [6.45, 7) is 0. The molecule has 0 aliphatic rings. The lowest BCUT2D eigenvalue weighted by molar-refractivity contribution is 0.355. The summed E-state index contributed by atoms with van der Waals surface area (Å²) in [6, 6.07) is 10.5. The minimum absolute atomic E-state index is 0.155. The van der Waals surface area contributed by atoms with Crippen molar-refractivity contribution in [1.82, 2.24) is 15.0 Å². The highest BCUT2D eigenvalue weighted by atomic mass is 16.5. The van der Waals surface area contributed by atoms with Crippen LogP contribution in [0.15, 0.2) is 35.1 Å². The second-order valence-corrected chi connectivity index (χ2v) is 5.92. The summed E-state index contributed by atoms with van der Waals surface area (Å²) < 4.78 is 10.5. The number of hydrogen-bond donors (Lipinski definition) is 3. The summed E-state index contributed by atoms with van der Waals surface area (Å²) in [7, 11) is 3.04. The third-order valence-electron chi connectivity index (χ3n) is 4.40. The number of ether oxygens (including phenoxy) is 2. The van der Waals surface area contributed by atoms with Gasteiger partial charge < -0.3 is 25.2 Å². The minimum atomic E-state index is -0.395. The van der Waals surface area contributed by atoms with E-state index in [0.717, 1.165) is 5.52 Å². The number of nitrogens with zero attached hydrogens (tertiary/aromatic N) is 2. The topological polar surface area (TPSA) is 130 Å². The van der Waals surface area contributed by atoms with Gasteiger partial charge in [-0.2, -0.15) is 5.26 Å². The van der Waals surface area contributed by atoms with Gasteiger partial charge >= 0.3 is 0 Å². The Morgan fingerprint density at radius 1 is 1.07 bits per heavy atom. The maximum absolute atomic E-state index is 12.6. The average molecular weight is 361 g/mol. The largest absolute Gasteiger partial charge is 0.493 e. The van der Waals surface area contributed by atoms with E-state index in [9.17, 15) is 4.79 Å². The Kier molecular flexibility index (Phi) is 3.70. The van der Waals surface area contributed by atoms with Crippen LogP contribution >= 0.6 is 0 Å². The molecule has 0 aliphatic heterocycles. The molecule has 4 aromatic rings. The van der Waals surface area contributed by atoms with E-state index in [2.05, 4.69) is 21.0 Å². The Bertz CT molecular complexity index is 1300. The smallest absolute Gasteiger partial charge is 0.276 e. The fourth-order valence-corrected chi connectivity index (χ4v) is 3.05. The number of rotatable bonds is 3. The molecule has 0 atom stereocenters. The quantitative estimate of drug-likeness (QED) is 0.514. The van der Waals surface area contributed by atoms with E-state index >= 15 is 0 Å². The highest BCUT2D eigenvalue weighted by Gasteiger charge is 2.17. The number of hydrogen-bond acceptors (Lipinski definition) is 6. The maximum Gasteiger partial charge on any atom is 0.276 e. The molecule has 4 N–H and O–H groups in total. The number of benzene rings is 2. The Balaban J connectivity index is 1.97. The number of nitrogen functional groups attached to an aromatic ring is 1. The van der Waals surface area contributed by atoms with Crippen LogP contribution in [0.4, 0.5) is 5.69 Å². The van der Waals surface area contributed by atoms with Crippen LogP contribution in [0, 0.1) is 11.3 Å². The van der Waals surface area contributed by atoms with Crippen molar-refractivity contribution in [3.63, 3.8) is 0 Å². The normalized spacial score (nSPS) is 10.9. The van der Waals surface area contributed by atoms with Gasteiger partial charge in [0.2, 0.25) is 0 Å². The van der Waals surface area contributed by atoms with E-state index in [4.69, 9.17) is 20.5 Å². The lowest BCUT2D eigenvalue weighted by Gasteiger charge is -2.09. The summed E-state index contributed by atoms with van der Waals surface area (Å²) in [5, 5.41) is 9.74. The lowest BCUT2D eigenvalue weighted by atomic mass is 10.1. The van der Waals surface area contributed by atoms with Gasteiger partial charge in [0.05, 0.1) is 48.3 Å². The molecule has 0 spiro atoms. The van der Waals surface area contributed by atoms with Gasteiger partial charge in [-0.3, -0.25) is 4.79 Å². The predicted octanol–water partition coefficient (Wildman–Crippen LogP) is 2.54. The highest BCUT2D eigenvalue weighted by molar-refractivity contribution is 6.00. The molecular formula is C19H15N5O3. The Morgan fingerprint density at radius 2 is 1.81 bits per heavy atom. The van der Waals surface area contributed by atoms with Crippen molar-refractivity contribution >= 4 is 27.6 Å². The van der Waals surface area contributed by atoms with Crippen LogP contribution in [0.5, 0.6) is 11.5 Å². The second-order valence-electron chi connectivity index (χ2n) is 5.92. The maximum atomic E-state index is 12.6. The number of fused-ring (bicyclic) bond motifs is 2. The van der Waals surface area contributed by atoms with E-state index in [1.807, 2.05) is 0 Å². The molecule has 27 heavy (non-hydrogen) atoms. The van der Waals surface area contributed by atoms with Crippen LogP contribution in [-0.4, -0.2) is 29.2 Å². The van der Waals surface area contributed by atoms with Gasteiger partial charge in [-0.15, -0.1) is 0 Å². The zero-order valence-corrected chi connectivity index (χ0v) is 14.6. The first kappa shape index (κ1) is 16.5. The summed E-state index contributed by atoms with van der Waals surface area (Å²) in [4.78, 5) is 23.0. The van der Waals surface area contributed by atoms with Crippen LogP contribution < -0.4 is 20.8 Å². The van der Waals surface area contributed by atoms with Crippen LogP contribution in [0.25, 0.3) is 33.3 Å². The SMILES string of the molecule is COc1cc2nc(-c3[nH]c4ccc(C#N)cc4c3N)c(=O)[nH]c2cc1OC. The number of aromatic amines is 2. The van der Waals surface area contributed by atoms with E-state index in [1.165, 1.54) is 14.2 Å². The molecule has 134 valence electrons. The van der Waals surface area contributed by atoms with Crippen molar-refractivity contribution in [1.29, 1.82) is 5.26 Å². The van der Waals surface area contributed by atoms with E-state index in [1.54, 1.807) is 30.3 Å². The van der Waals surface area contributed by atoms with Gasteiger partial charge in [-0.1, -0.05) is 0 Å². The van der Waals surface area contributed by atoms with Crippen molar-refractivity contribution in [3.8, 4) is 29.0 Å². The van der Waals surface area contributed by atoms with Crippen molar-refractivity contribution in [2.24, 2.45) is 0 Å². The van der Waals surface area contributed by atoms with Gasteiger partial charge in [0, 0.05) is 23.0 Å². The number of nitrogens with two attached hydrogens (primary N) is 1. The summed E-state index contributed by atoms with van der Waals surface area (Å²) in [5.41, 5.74) is 9.00. The molecule has 0 aliphatic carbocycles. The van der Waals surface area contributed by atoms with E-state index in [0.29, 0.717) is 44.9 Å². The van der Waals surface area contributed by atoms with Crippen molar-refractivity contribution in [2.45, 2.75) is 0 Å². The molecule has 4 rings (SSSR count). The summed E-state index contributed by atoms with van der Waals surface area (Å²) in [5.74, 6) is 0.989. The number of nitriles is 1. The molecule has 0 amide bonds. The van der Waals surface area contributed by atoms with Gasteiger partial charge in [-0.05, 0) is 18.2 Å². The second kappa shape index (κ2) is 6.07. The minimum Gasteiger partial charge on any atom is -0.493 e.